The fourth-order valence-corrected chi connectivity index (χ4v) is 7.58. The summed E-state index contributed by atoms with van der Waals surface area (Å²) in [5, 5.41) is 15.1. The van der Waals surface area contributed by atoms with E-state index in [-0.39, 0.29) is 58.6 Å². The van der Waals surface area contributed by atoms with E-state index in [1.807, 2.05) is 26.0 Å². The van der Waals surface area contributed by atoms with Gasteiger partial charge >= 0.3 is 0 Å². The van der Waals surface area contributed by atoms with Gasteiger partial charge in [0.05, 0.1) is 18.7 Å². The highest BCUT2D eigenvalue weighted by atomic mass is 16.5. The lowest BCUT2D eigenvalue weighted by molar-refractivity contribution is -0.164. The Morgan fingerprint density at radius 1 is 1.18 bits per heavy atom. The van der Waals surface area contributed by atoms with Gasteiger partial charge in [-0.2, -0.15) is 0 Å². The Morgan fingerprint density at radius 2 is 1.82 bits per heavy atom. The number of aromatic hydroxyl groups is 1. The van der Waals surface area contributed by atoms with Gasteiger partial charge in [-0.1, -0.05) is 20.8 Å². The second kappa shape index (κ2) is 12.1. The van der Waals surface area contributed by atoms with Crippen LogP contribution in [-0.2, 0) is 32.0 Å². The van der Waals surface area contributed by atoms with Crippen LogP contribution in [0.2, 0.25) is 0 Å². The third-order valence-corrected chi connectivity index (χ3v) is 10.6. The summed E-state index contributed by atoms with van der Waals surface area (Å²) in [5.41, 5.74) is 7.94. The molecule has 1 amide bonds. The molecule has 0 radical (unpaired) electrons. The third kappa shape index (κ3) is 5.43. The van der Waals surface area contributed by atoms with Crippen molar-refractivity contribution in [3.05, 3.63) is 34.1 Å². The molecule has 1 aromatic rings. The van der Waals surface area contributed by atoms with Crippen LogP contribution in [0.15, 0.2) is 17.4 Å². The second-order valence-corrected chi connectivity index (χ2v) is 14.5. The minimum Gasteiger partial charge on any atom is -0.507 e. The smallest absolute Gasteiger partial charge is 0.228 e. The highest BCUT2D eigenvalue weighted by Gasteiger charge is 2.62. The summed E-state index contributed by atoms with van der Waals surface area (Å²) in [6.07, 6.45) is 0.947. The normalized spacial score (nSPS) is 27.7. The summed E-state index contributed by atoms with van der Waals surface area (Å²) in [6.45, 7) is 13.4. The first-order valence-corrected chi connectivity index (χ1v) is 15.6. The molecule has 10 nitrogen and oxygen atoms in total. The van der Waals surface area contributed by atoms with Crippen molar-refractivity contribution in [3.63, 3.8) is 0 Å². The predicted molar refractivity (Wildman–Crippen MR) is 171 cm³/mol. The molecule has 6 atom stereocenters. The summed E-state index contributed by atoms with van der Waals surface area (Å²) in [6, 6.07) is 1.39. The molecule has 0 aromatic heterocycles. The standard InChI is InChI=1S/C34H52N4O6/c1-17(2)38(9)27-20(16-36-18(3)33(4,5)6)14-24(39)26-21(27)12-19-13-23-28(37(7)8)29(40)22(32(35)42)15-34(23,44-11)31(43-10)25(19)30(26)41/h14,17-19,22-23,28,36,39H,12-13,15-16H2,1-11H3,(H2,35,42). The van der Waals surface area contributed by atoms with E-state index in [0.29, 0.717) is 30.7 Å². The average molecular weight is 613 g/mol. The van der Waals surface area contributed by atoms with E-state index >= 15 is 0 Å². The van der Waals surface area contributed by atoms with Gasteiger partial charge in [-0.15, -0.1) is 0 Å². The maximum absolute atomic E-state index is 14.6. The zero-order chi connectivity index (χ0) is 33.0. The van der Waals surface area contributed by atoms with E-state index in [9.17, 15) is 19.5 Å². The van der Waals surface area contributed by atoms with Crippen molar-refractivity contribution in [2.24, 2.45) is 28.9 Å². The van der Waals surface area contributed by atoms with Crippen molar-refractivity contribution >= 4 is 23.2 Å². The van der Waals surface area contributed by atoms with Gasteiger partial charge in [0.15, 0.2) is 11.6 Å². The monoisotopic (exact) mass is 612 g/mol. The Hall–Kier alpha value is -2.95. The van der Waals surface area contributed by atoms with Gasteiger partial charge in [0.25, 0.3) is 0 Å². The van der Waals surface area contributed by atoms with Crippen molar-refractivity contribution in [1.29, 1.82) is 0 Å². The van der Waals surface area contributed by atoms with Crippen molar-refractivity contribution in [2.75, 3.05) is 40.3 Å². The maximum atomic E-state index is 14.6. The number of nitrogens with zero attached hydrogens (tertiary/aromatic N) is 2. The number of phenols is 1. The Bertz CT molecular complexity index is 1360. The zero-order valence-corrected chi connectivity index (χ0v) is 28.3. The van der Waals surface area contributed by atoms with Crippen LogP contribution in [0.1, 0.15) is 75.9 Å². The number of anilines is 1. The lowest BCUT2D eigenvalue weighted by Gasteiger charge is -2.55. The van der Waals surface area contributed by atoms with E-state index in [2.05, 4.69) is 51.8 Å². The highest BCUT2D eigenvalue weighted by molar-refractivity contribution is 6.15. The molecule has 4 rings (SSSR count). The number of nitrogens with one attached hydrogen (secondary N) is 1. The maximum Gasteiger partial charge on any atom is 0.228 e. The van der Waals surface area contributed by atoms with Crippen LogP contribution < -0.4 is 16.0 Å². The molecule has 1 saturated carbocycles. The minimum absolute atomic E-state index is 0.00388. The molecule has 1 aromatic carbocycles. The Morgan fingerprint density at radius 3 is 2.32 bits per heavy atom. The number of ether oxygens (including phenoxy) is 2. The number of phenolic OH excluding ortho intramolecular Hbond substituents is 1. The van der Waals surface area contributed by atoms with Gasteiger partial charge in [-0.3, -0.25) is 19.3 Å². The Balaban J connectivity index is 1.94. The third-order valence-electron chi connectivity index (χ3n) is 10.6. The number of nitrogens with two attached hydrogens (primary N) is 1. The zero-order valence-electron chi connectivity index (χ0n) is 28.3. The van der Waals surface area contributed by atoms with E-state index in [1.54, 1.807) is 6.07 Å². The minimum atomic E-state index is -1.21. The number of amides is 1. The van der Waals surface area contributed by atoms with Crippen LogP contribution in [0, 0.1) is 23.2 Å². The molecule has 1 fully saturated rings. The van der Waals surface area contributed by atoms with Crippen LogP contribution in [0.25, 0.3) is 0 Å². The summed E-state index contributed by atoms with van der Waals surface area (Å²) in [7, 11) is 8.66. The van der Waals surface area contributed by atoms with Crippen molar-refractivity contribution in [1.82, 2.24) is 10.2 Å². The van der Waals surface area contributed by atoms with Crippen LogP contribution in [0.3, 0.4) is 0 Å². The van der Waals surface area contributed by atoms with Gasteiger partial charge in [-0.05, 0) is 76.2 Å². The van der Waals surface area contributed by atoms with Crippen molar-refractivity contribution in [2.45, 2.75) is 91.1 Å². The highest BCUT2D eigenvalue weighted by Crippen LogP contribution is 2.56. The number of allylic oxidation sites excluding steroid dienone is 1. The largest absolute Gasteiger partial charge is 0.507 e. The molecular formula is C34H52N4O6. The molecule has 244 valence electrons. The molecule has 0 spiro atoms. The van der Waals surface area contributed by atoms with Crippen molar-refractivity contribution < 1.29 is 29.0 Å². The molecule has 0 heterocycles. The predicted octanol–water partition coefficient (Wildman–Crippen LogP) is 3.43. The average Bonchev–Trinajstić information content (AvgIpc) is 2.93. The quantitative estimate of drug-likeness (QED) is 0.359. The first-order chi connectivity index (χ1) is 20.4. The van der Waals surface area contributed by atoms with Gasteiger partial charge in [0, 0.05) is 56.4 Å². The Kier molecular flexibility index (Phi) is 9.33. The van der Waals surface area contributed by atoms with E-state index in [1.165, 1.54) is 14.2 Å². The summed E-state index contributed by atoms with van der Waals surface area (Å²) in [4.78, 5) is 44.7. The van der Waals surface area contributed by atoms with Gasteiger partial charge in [0.1, 0.15) is 23.0 Å². The van der Waals surface area contributed by atoms with E-state index in [4.69, 9.17) is 15.2 Å². The molecule has 3 aliphatic carbocycles. The number of hydrogen-bond acceptors (Lipinski definition) is 9. The number of carbonyl (C=O) groups excluding carboxylic acids is 3. The summed E-state index contributed by atoms with van der Waals surface area (Å²) >= 11 is 0. The number of hydrogen-bond donors (Lipinski definition) is 3. The van der Waals surface area contributed by atoms with Gasteiger partial charge < -0.3 is 30.5 Å². The second-order valence-electron chi connectivity index (χ2n) is 14.5. The first kappa shape index (κ1) is 33.9. The van der Waals surface area contributed by atoms with E-state index < -0.39 is 23.5 Å². The number of primary amides is 1. The number of benzene rings is 1. The number of carbonyl (C=O) groups is 3. The molecule has 0 bridgehead atoms. The van der Waals surface area contributed by atoms with Crippen LogP contribution in [-0.4, -0.2) is 86.6 Å². The fourth-order valence-electron chi connectivity index (χ4n) is 7.58. The molecule has 0 aliphatic heterocycles. The summed E-state index contributed by atoms with van der Waals surface area (Å²) in [5.74, 6) is -2.77. The SMILES string of the molecule is COC1=C2C(=O)c3c(O)cc(CNC(C)C(C)(C)C)c(N(C)C(C)C)c3CC2CC2C(N(C)C)C(=O)C(C(N)=O)CC12OC. The van der Waals surface area contributed by atoms with E-state index in [0.717, 1.165) is 16.8 Å². The number of rotatable bonds is 9. The molecular weight excluding hydrogens is 560 g/mol. The molecule has 10 heteroatoms. The fraction of sp³-hybridized carbons (Fsp3) is 0.676. The lowest BCUT2D eigenvalue weighted by atomic mass is 9.56. The van der Waals surface area contributed by atoms with Crippen LogP contribution >= 0.6 is 0 Å². The number of methoxy groups -OCH3 is 2. The van der Waals surface area contributed by atoms with Gasteiger partial charge in [-0.25, -0.2) is 0 Å². The molecule has 4 N–H and O–H groups in total. The lowest BCUT2D eigenvalue weighted by Crippen LogP contribution is -2.65. The molecule has 6 unspecified atom stereocenters. The van der Waals surface area contributed by atoms with Crippen LogP contribution in [0.5, 0.6) is 5.75 Å². The Labute approximate surface area is 262 Å². The topological polar surface area (TPSA) is 134 Å². The molecule has 44 heavy (non-hydrogen) atoms. The number of fused-ring (bicyclic) bond motifs is 3. The number of ketones is 2. The summed E-state index contributed by atoms with van der Waals surface area (Å²) < 4.78 is 12.2. The first-order valence-electron chi connectivity index (χ1n) is 15.6. The van der Waals surface area contributed by atoms with Gasteiger partial charge in [0.2, 0.25) is 5.91 Å². The van der Waals surface area contributed by atoms with Crippen LogP contribution in [0.4, 0.5) is 5.69 Å². The van der Waals surface area contributed by atoms with Crippen molar-refractivity contribution in [3.8, 4) is 5.75 Å². The molecule has 3 aliphatic rings. The molecule has 0 saturated heterocycles. The number of Topliss-reactive ketones (excluding diaryl/α,β-unsaturated/α-hetero) is 2. The number of likely N-dealkylation sites (N-methyl/N-ethyl adjacent to an activating group) is 1.